The summed E-state index contributed by atoms with van der Waals surface area (Å²) in [5.41, 5.74) is 0.535. The molecule has 1 saturated carbocycles. The first-order valence-electron chi connectivity index (χ1n) is 7.31. The molecule has 2 rings (SSSR count). The van der Waals surface area contributed by atoms with Crippen molar-refractivity contribution in [2.45, 2.75) is 32.1 Å². The molecular weight excluding hydrogens is 288 g/mol. The average Bonchev–Trinajstić information content (AvgIpc) is 3.17. The molecule has 2 unspecified atom stereocenters. The van der Waals surface area contributed by atoms with Crippen LogP contribution < -0.4 is 5.32 Å². The lowest BCUT2D eigenvalue weighted by atomic mass is 10.3. The Labute approximate surface area is 126 Å². The lowest BCUT2D eigenvalue weighted by molar-refractivity contribution is -0.117. The van der Waals surface area contributed by atoms with E-state index in [4.69, 9.17) is 0 Å². The van der Waals surface area contributed by atoms with Crippen LogP contribution in [0.3, 0.4) is 0 Å². The molecule has 0 bridgehead atoms. The molecule has 0 radical (unpaired) electrons. The molecule has 0 saturated heterocycles. The summed E-state index contributed by atoms with van der Waals surface area (Å²) in [6.45, 7) is 6.50. The van der Waals surface area contributed by atoms with Crippen LogP contribution in [0.5, 0.6) is 0 Å². The molecule has 0 aromatic heterocycles. The summed E-state index contributed by atoms with van der Waals surface area (Å²) in [4.78, 5) is 12.1. The molecule has 1 aromatic carbocycles. The highest BCUT2D eigenvalue weighted by atomic mass is 32.2. The third-order valence-corrected chi connectivity index (χ3v) is 5.94. The number of nitrogens with zero attached hydrogens (tertiary/aromatic N) is 1. The first-order chi connectivity index (χ1) is 9.90. The summed E-state index contributed by atoms with van der Waals surface area (Å²) < 4.78 is 26.3. The van der Waals surface area contributed by atoms with E-state index >= 15 is 0 Å². The van der Waals surface area contributed by atoms with Crippen molar-refractivity contribution in [2.24, 2.45) is 11.8 Å². The maximum absolute atomic E-state index is 12.4. The van der Waals surface area contributed by atoms with Crippen molar-refractivity contribution >= 4 is 21.6 Å². The van der Waals surface area contributed by atoms with E-state index in [1.165, 1.54) is 10.4 Å². The zero-order valence-electron chi connectivity index (χ0n) is 12.7. The summed E-state index contributed by atoms with van der Waals surface area (Å²) >= 11 is 0. The normalized spacial score (nSPS) is 21.3. The Morgan fingerprint density at radius 3 is 2.48 bits per heavy atom. The molecule has 0 aliphatic heterocycles. The number of carbonyl (C=O) groups is 1. The van der Waals surface area contributed by atoms with Gasteiger partial charge in [0.25, 0.3) is 0 Å². The van der Waals surface area contributed by atoms with E-state index in [9.17, 15) is 13.2 Å². The highest BCUT2D eigenvalue weighted by Crippen LogP contribution is 2.38. The molecular formula is C15H22N2O3S. The topological polar surface area (TPSA) is 66.5 Å². The van der Waals surface area contributed by atoms with Gasteiger partial charge in [-0.2, -0.15) is 4.31 Å². The van der Waals surface area contributed by atoms with Gasteiger partial charge in [0.2, 0.25) is 15.9 Å². The van der Waals surface area contributed by atoms with Gasteiger partial charge in [-0.3, -0.25) is 4.79 Å². The van der Waals surface area contributed by atoms with Crippen molar-refractivity contribution in [1.29, 1.82) is 0 Å². The molecule has 0 heterocycles. The molecule has 0 spiro atoms. The van der Waals surface area contributed by atoms with E-state index in [2.05, 4.69) is 5.32 Å². The molecule has 116 valence electrons. The molecule has 1 aliphatic carbocycles. The van der Waals surface area contributed by atoms with E-state index in [0.717, 1.165) is 6.42 Å². The average molecular weight is 310 g/mol. The molecule has 1 aliphatic rings. The maximum Gasteiger partial charge on any atom is 0.243 e. The van der Waals surface area contributed by atoms with Crippen LogP contribution in [-0.4, -0.2) is 31.7 Å². The lowest BCUT2D eigenvalue weighted by Gasteiger charge is -2.18. The molecule has 2 atom stereocenters. The minimum absolute atomic E-state index is 0.0279. The van der Waals surface area contributed by atoms with Crippen LogP contribution in [0.25, 0.3) is 0 Å². The zero-order chi connectivity index (χ0) is 15.6. The van der Waals surface area contributed by atoms with Gasteiger partial charge in [-0.25, -0.2) is 8.42 Å². The molecule has 5 nitrogen and oxygen atoms in total. The smallest absolute Gasteiger partial charge is 0.243 e. The second-order valence-corrected chi connectivity index (χ2v) is 7.36. The number of carbonyl (C=O) groups excluding carboxylic acids is 1. The fourth-order valence-electron chi connectivity index (χ4n) is 2.37. The molecule has 1 amide bonds. The van der Waals surface area contributed by atoms with E-state index in [-0.39, 0.29) is 16.7 Å². The van der Waals surface area contributed by atoms with Crippen molar-refractivity contribution in [2.75, 3.05) is 18.4 Å². The molecule has 1 fully saturated rings. The van der Waals surface area contributed by atoms with Gasteiger partial charge < -0.3 is 5.32 Å². The third kappa shape index (κ3) is 3.44. The summed E-state index contributed by atoms with van der Waals surface area (Å²) in [7, 11) is -3.49. The minimum atomic E-state index is -3.49. The van der Waals surface area contributed by atoms with Crippen molar-refractivity contribution in [3.63, 3.8) is 0 Å². The van der Waals surface area contributed by atoms with Crippen LogP contribution in [0.2, 0.25) is 0 Å². The van der Waals surface area contributed by atoms with E-state index in [1.54, 1.807) is 32.0 Å². The number of rotatable bonds is 6. The third-order valence-electron chi connectivity index (χ3n) is 3.89. The Bertz CT molecular complexity index is 624. The summed E-state index contributed by atoms with van der Waals surface area (Å²) in [5.74, 6) is 0.459. The Kier molecular flexibility index (Phi) is 4.68. The number of sulfonamides is 1. The monoisotopic (exact) mass is 310 g/mol. The first-order valence-corrected chi connectivity index (χ1v) is 8.75. The summed E-state index contributed by atoms with van der Waals surface area (Å²) in [6, 6.07) is 6.45. The largest absolute Gasteiger partial charge is 0.326 e. The fraction of sp³-hybridized carbons (Fsp3) is 0.533. The number of amides is 1. The van der Waals surface area contributed by atoms with E-state index in [0.29, 0.717) is 24.7 Å². The van der Waals surface area contributed by atoms with Crippen molar-refractivity contribution < 1.29 is 13.2 Å². The van der Waals surface area contributed by atoms with E-state index < -0.39 is 10.0 Å². The van der Waals surface area contributed by atoms with Gasteiger partial charge in [0, 0.05) is 24.7 Å². The van der Waals surface area contributed by atoms with Gasteiger partial charge in [0.05, 0.1) is 4.90 Å². The first kappa shape index (κ1) is 16.0. The number of hydrogen-bond acceptors (Lipinski definition) is 3. The van der Waals surface area contributed by atoms with Crippen molar-refractivity contribution in [3.05, 3.63) is 24.3 Å². The van der Waals surface area contributed by atoms with Crippen LogP contribution >= 0.6 is 0 Å². The predicted octanol–water partition coefficient (Wildman–Crippen LogP) is 2.31. The Hall–Kier alpha value is -1.40. The highest BCUT2D eigenvalue weighted by molar-refractivity contribution is 7.89. The van der Waals surface area contributed by atoms with Gasteiger partial charge in [-0.15, -0.1) is 0 Å². The second kappa shape index (κ2) is 6.15. The standard InChI is InChI=1S/C15H22N2O3S/c1-4-17(5-2)21(19,20)13-8-6-7-12(10-13)16-15(18)14-9-11(14)3/h6-8,10-11,14H,4-5,9H2,1-3H3,(H,16,18). The molecule has 1 N–H and O–H groups in total. The second-order valence-electron chi connectivity index (χ2n) is 5.43. The number of nitrogens with one attached hydrogen (secondary N) is 1. The van der Waals surface area contributed by atoms with Crippen LogP contribution in [0.1, 0.15) is 27.2 Å². The Morgan fingerprint density at radius 2 is 1.95 bits per heavy atom. The molecule has 6 heteroatoms. The van der Waals surface area contributed by atoms with Gasteiger partial charge in [-0.1, -0.05) is 26.8 Å². The van der Waals surface area contributed by atoms with Gasteiger partial charge >= 0.3 is 0 Å². The van der Waals surface area contributed by atoms with Crippen LogP contribution in [0.15, 0.2) is 29.2 Å². The van der Waals surface area contributed by atoms with Gasteiger partial charge in [0.1, 0.15) is 0 Å². The van der Waals surface area contributed by atoms with Crippen LogP contribution in [0, 0.1) is 11.8 Å². The number of benzene rings is 1. The maximum atomic E-state index is 12.4. The van der Waals surface area contributed by atoms with E-state index in [1.807, 2.05) is 6.92 Å². The number of anilines is 1. The molecule has 1 aromatic rings. The lowest BCUT2D eigenvalue weighted by Crippen LogP contribution is -2.30. The Balaban J connectivity index is 2.19. The van der Waals surface area contributed by atoms with Crippen LogP contribution in [-0.2, 0) is 14.8 Å². The molecule has 21 heavy (non-hydrogen) atoms. The van der Waals surface area contributed by atoms with Crippen molar-refractivity contribution in [1.82, 2.24) is 4.31 Å². The van der Waals surface area contributed by atoms with Crippen LogP contribution in [0.4, 0.5) is 5.69 Å². The van der Waals surface area contributed by atoms with Gasteiger partial charge in [-0.05, 0) is 30.5 Å². The predicted molar refractivity (Wildman–Crippen MR) is 82.4 cm³/mol. The Morgan fingerprint density at radius 1 is 1.33 bits per heavy atom. The SMILES string of the molecule is CCN(CC)S(=O)(=O)c1cccc(NC(=O)C2CC2C)c1. The van der Waals surface area contributed by atoms with Gasteiger partial charge in [0.15, 0.2) is 0 Å². The van der Waals surface area contributed by atoms with Crippen molar-refractivity contribution in [3.8, 4) is 0 Å². The summed E-state index contributed by atoms with van der Waals surface area (Å²) in [6.07, 6.45) is 0.906. The fourth-order valence-corrected chi connectivity index (χ4v) is 3.87. The quantitative estimate of drug-likeness (QED) is 0.877. The summed E-state index contributed by atoms with van der Waals surface area (Å²) in [5, 5.41) is 2.80. The highest BCUT2D eigenvalue weighted by Gasteiger charge is 2.39. The minimum Gasteiger partial charge on any atom is -0.326 e. The zero-order valence-corrected chi connectivity index (χ0v) is 13.5. The number of hydrogen-bond donors (Lipinski definition) is 1.